The normalized spacial score (nSPS) is 21.9. The molecular formula is C25H37NO4. The van der Waals surface area contributed by atoms with Crippen LogP contribution in [0.3, 0.4) is 0 Å². The second-order valence-electron chi connectivity index (χ2n) is 8.86. The molecule has 30 heavy (non-hydrogen) atoms. The maximum Gasteiger partial charge on any atom is 0.337 e. The molecule has 1 heterocycles. The first-order valence-electron chi connectivity index (χ1n) is 11.6. The van der Waals surface area contributed by atoms with E-state index in [-0.39, 0.29) is 17.9 Å². The Hall–Kier alpha value is -1.72. The first-order chi connectivity index (χ1) is 14.6. The lowest BCUT2D eigenvalue weighted by atomic mass is 9.89. The summed E-state index contributed by atoms with van der Waals surface area (Å²) in [4.78, 5) is 27.1. The van der Waals surface area contributed by atoms with Gasteiger partial charge in [-0.05, 0) is 55.8 Å². The maximum atomic E-state index is 13.1. The number of hydrogen-bond donors (Lipinski definition) is 0. The van der Waals surface area contributed by atoms with Crippen molar-refractivity contribution in [3.63, 3.8) is 0 Å². The molecule has 0 spiro atoms. The fraction of sp³-hybridized carbons (Fsp3) is 0.680. The van der Waals surface area contributed by atoms with E-state index in [1.54, 1.807) is 12.1 Å². The SMILES string of the molecule is COC(=O)c1ccc([C@H](C)CC(=O)[C@H]2CCCCN2CCOC2CCCCC2)cc1. The Balaban J connectivity index is 1.50. The minimum absolute atomic E-state index is 0.0190. The van der Waals surface area contributed by atoms with Crippen LogP contribution in [-0.4, -0.2) is 55.6 Å². The minimum Gasteiger partial charge on any atom is -0.465 e. The number of esters is 1. The van der Waals surface area contributed by atoms with Gasteiger partial charge in [0.2, 0.25) is 0 Å². The molecule has 166 valence electrons. The third kappa shape index (κ3) is 6.39. The molecular weight excluding hydrogens is 378 g/mol. The van der Waals surface area contributed by atoms with E-state index in [9.17, 15) is 9.59 Å². The molecule has 0 aromatic heterocycles. The summed E-state index contributed by atoms with van der Waals surface area (Å²) in [6.07, 6.45) is 10.5. The molecule has 5 heteroatoms. The quantitative estimate of drug-likeness (QED) is 0.545. The van der Waals surface area contributed by atoms with E-state index in [1.165, 1.54) is 39.2 Å². The molecule has 0 amide bonds. The lowest BCUT2D eigenvalue weighted by Crippen LogP contribution is -2.46. The second-order valence-corrected chi connectivity index (χ2v) is 8.86. The summed E-state index contributed by atoms with van der Waals surface area (Å²) >= 11 is 0. The van der Waals surface area contributed by atoms with E-state index in [0.29, 0.717) is 23.9 Å². The number of Topliss-reactive ketones (excluding diaryl/α,β-unsaturated/α-hetero) is 1. The van der Waals surface area contributed by atoms with Crippen LogP contribution in [0.1, 0.15) is 86.6 Å². The summed E-state index contributed by atoms with van der Waals surface area (Å²) in [5.74, 6) is 0.127. The molecule has 2 fully saturated rings. The zero-order valence-electron chi connectivity index (χ0n) is 18.6. The molecule has 1 aromatic rings. The van der Waals surface area contributed by atoms with Gasteiger partial charge in [0.05, 0.1) is 31.4 Å². The number of likely N-dealkylation sites (tertiary alicyclic amines) is 1. The highest BCUT2D eigenvalue weighted by molar-refractivity contribution is 5.89. The molecule has 0 N–H and O–H groups in total. The number of carbonyl (C=O) groups is 2. The van der Waals surface area contributed by atoms with Crippen molar-refractivity contribution in [1.29, 1.82) is 0 Å². The van der Waals surface area contributed by atoms with Crippen LogP contribution in [-0.2, 0) is 14.3 Å². The smallest absolute Gasteiger partial charge is 0.337 e. The Morgan fingerprint density at radius 2 is 1.73 bits per heavy atom. The number of ether oxygens (including phenoxy) is 2. The summed E-state index contributed by atoms with van der Waals surface area (Å²) < 4.78 is 10.9. The van der Waals surface area contributed by atoms with E-state index in [0.717, 1.165) is 44.5 Å². The average Bonchev–Trinajstić information content (AvgIpc) is 2.79. The number of nitrogens with zero attached hydrogens (tertiary/aromatic N) is 1. The number of piperidine rings is 1. The van der Waals surface area contributed by atoms with E-state index in [4.69, 9.17) is 9.47 Å². The van der Waals surface area contributed by atoms with E-state index in [2.05, 4.69) is 11.8 Å². The molecule has 1 aliphatic heterocycles. The molecule has 2 atom stereocenters. The fourth-order valence-electron chi connectivity index (χ4n) is 4.81. The van der Waals surface area contributed by atoms with Crippen molar-refractivity contribution in [2.45, 2.75) is 82.8 Å². The van der Waals surface area contributed by atoms with Crippen molar-refractivity contribution in [3.8, 4) is 0 Å². The Morgan fingerprint density at radius 3 is 2.43 bits per heavy atom. The predicted octanol–water partition coefficient (Wildman–Crippen LogP) is 4.74. The third-order valence-corrected chi connectivity index (χ3v) is 6.68. The Bertz CT molecular complexity index is 681. The maximum absolute atomic E-state index is 13.1. The Morgan fingerprint density at radius 1 is 1.03 bits per heavy atom. The Labute approximate surface area is 181 Å². The summed E-state index contributed by atoms with van der Waals surface area (Å²) in [5.41, 5.74) is 1.62. The molecule has 3 rings (SSSR count). The van der Waals surface area contributed by atoms with Crippen molar-refractivity contribution in [2.24, 2.45) is 0 Å². The van der Waals surface area contributed by atoms with Gasteiger partial charge in [0.1, 0.15) is 0 Å². The summed E-state index contributed by atoms with van der Waals surface area (Å²) in [6, 6.07) is 7.43. The molecule has 1 saturated heterocycles. The summed E-state index contributed by atoms with van der Waals surface area (Å²) in [5, 5.41) is 0. The van der Waals surface area contributed by atoms with Crippen LogP contribution in [0, 0.1) is 0 Å². The predicted molar refractivity (Wildman–Crippen MR) is 118 cm³/mol. The van der Waals surface area contributed by atoms with Gasteiger partial charge in [0, 0.05) is 13.0 Å². The number of carbonyl (C=O) groups excluding carboxylic acids is 2. The van der Waals surface area contributed by atoms with Crippen LogP contribution in [0.25, 0.3) is 0 Å². The van der Waals surface area contributed by atoms with Crippen LogP contribution < -0.4 is 0 Å². The second kappa shape index (κ2) is 11.6. The number of benzene rings is 1. The summed E-state index contributed by atoms with van der Waals surface area (Å²) in [6.45, 7) is 4.67. The lowest BCUT2D eigenvalue weighted by molar-refractivity contribution is -0.126. The zero-order chi connectivity index (χ0) is 21.3. The molecule has 0 radical (unpaired) electrons. The first-order valence-corrected chi connectivity index (χ1v) is 11.6. The summed E-state index contributed by atoms with van der Waals surface area (Å²) in [7, 11) is 1.38. The van der Waals surface area contributed by atoms with E-state index >= 15 is 0 Å². The molecule has 0 bridgehead atoms. The number of rotatable bonds is 9. The van der Waals surface area contributed by atoms with Gasteiger partial charge in [0.25, 0.3) is 0 Å². The van der Waals surface area contributed by atoms with Gasteiger partial charge in [0.15, 0.2) is 5.78 Å². The van der Waals surface area contributed by atoms with Gasteiger partial charge in [-0.3, -0.25) is 9.69 Å². The van der Waals surface area contributed by atoms with Gasteiger partial charge < -0.3 is 9.47 Å². The van der Waals surface area contributed by atoms with Gasteiger partial charge in [-0.1, -0.05) is 44.7 Å². The van der Waals surface area contributed by atoms with Crippen molar-refractivity contribution >= 4 is 11.8 Å². The zero-order valence-corrected chi connectivity index (χ0v) is 18.6. The molecule has 5 nitrogen and oxygen atoms in total. The molecule has 1 aromatic carbocycles. The van der Waals surface area contributed by atoms with E-state index in [1.807, 2.05) is 12.1 Å². The number of hydrogen-bond acceptors (Lipinski definition) is 5. The molecule has 1 aliphatic carbocycles. The van der Waals surface area contributed by atoms with Crippen LogP contribution in [0.4, 0.5) is 0 Å². The fourth-order valence-corrected chi connectivity index (χ4v) is 4.81. The van der Waals surface area contributed by atoms with Crippen molar-refractivity contribution in [1.82, 2.24) is 4.90 Å². The topological polar surface area (TPSA) is 55.8 Å². The Kier molecular flexibility index (Phi) is 8.88. The van der Waals surface area contributed by atoms with Gasteiger partial charge in [-0.2, -0.15) is 0 Å². The third-order valence-electron chi connectivity index (χ3n) is 6.68. The largest absolute Gasteiger partial charge is 0.465 e. The van der Waals surface area contributed by atoms with Crippen molar-refractivity contribution in [3.05, 3.63) is 35.4 Å². The standard InChI is InChI=1S/C25H37NO4/c1-19(20-11-13-21(14-12-20)25(28)29-2)18-24(27)23-10-6-7-15-26(23)16-17-30-22-8-4-3-5-9-22/h11-14,19,22-23H,3-10,15-18H2,1-2H3/t19-,23-/m1/s1. The minimum atomic E-state index is -0.335. The number of ketones is 1. The van der Waals surface area contributed by atoms with Crippen molar-refractivity contribution < 1.29 is 19.1 Å². The first kappa shape index (κ1) is 23.0. The number of methoxy groups -OCH3 is 1. The molecule has 0 unspecified atom stereocenters. The highest BCUT2D eigenvalue weighted by Gasteiger charge is 2.29. The average molecular weight is 416 g/mol. The molecule has 1 saturated carbocycles. The highest BCUT2D eigenvalue weighted by Crippen LogP contribution is 2.26. The van der Waals surface area contributed by atoms with Crippen LogP contribution in [0.5, 0.6) is 0 Å². The van der Waals surface area contributed by atoms with Gasteiger partial charge in [-0.15, -0.1) is 0 Å². The monoisotopic (exact) mass is 415 g/mol. The van der Waals surface area contributed by atoms with Gasteiger partial charge in [-0.25, -0.2) is 4.79 Å². The van der Waals surface area contributed by atoms with Crippen LogP contribution in [0.15, 0.2) is 24.3 Å². The lowest BCUT2D eigenvalue weighted by Gasteiger charge is -2.35. The van der Waals surface area contributed by atoms with Crippen molar-refractivity contribution in [2.75, 3.05) is 26.8 Å². The highest BCUT2D eigenvalue weighted by atomic mass is 16.5. The molecule has 2 aliphatic rings. The van der Waals surface area contributed by atoms with Crippen LogP contribution in [0.2, 0.25) is 0 Å². The van der Waals surface area contributed by atoms with E-state index < -0.39 is 0 Å². The van der Waals surface area contributed by atoms with Gasteiger partial charge >= 0.3 is 5.97 Å². The van der Waals surface area contributed by atoms with Crippen LogP contribution >= 0.6 is 0 Å².